The number of carbonyl (C=O) groups is 2. The summed E-state index contributed by atoms with van der Waals surface area (Å²) in [6.45, 7) is -0.350. The number of rotatable bonds is 6. The van der Waals surface area contributed by atoms with E-state index in [0.29, 0.717) is 0 Å². The first-order chi connectivity index (χ1) is 8.99. The molecule has 6 nitrogen and oxygen atoms in total. The minimum absolute atomic E-state index is 0.350. The predicted octanol–water partition coefficient (Wildman–Crippen LogP) is 0.299. The maximum atomic E-state index is 11.3. The lowest BCUT2D eigenvalue weighted by Gasteiger charge is -2.11. The van der Waals surface area contributed by atoms with E-state index in [-0.39, 0.29) is 6.61 Å². The Morgan fingerprint density at radius 2 is 1.95 bits per heavy atom. The van der Waals surface area contributed by atoms with Crippen molar-refractivity contribution in [3.8, 4) is 0 Å². The lowest BCUT2D eigenvalue weighted by Crippen LogP contribution is -2.28. The summed E-state index contributed by atoms with van der Waals surface area (Å²) in [5, 5.41) is 0. The molecule has 0 fully saturated rings. The Balaban J connectivity index is 2.47. The molecule has 1 aromatic rings. The van der Waals surface area contributed by atoms with E-state index in [2.05, 4.69) is 10.3 Å². The predicted molar refractivity (Wildman–Crippen MR) is 73.1 cm³/mol. The number of nitrogens with two attached hydrogens (primary N) is 1. The molecule has 0 unspecified atom stereocenters. The first kappa shape index (κ1) is 14.7. The smallest absolute Gasteiger partial charge is 0.267 e. The van der Waals surface area contributed by atoms with Gasteiger partial charge in [-0.3, -0.25) is 14.4 Å². The van der Waals surface area contributed by atoms with Crippen molar-refractivity contribution >= 4 is 23.6 Å². The van der Waals surface area contributed by atoms with Gasteiger partial charge in [-0.05, 0) is 23.8 Å². The van der Waals surface area contributed by atoms with Gasteiger partial charge in [0.15, 0.2) is 6.61 Å². The summed E-state index contributed by atoms with van der Waals surface area (Å²) in [5.41, 5.74) is 8.88. The highest BCUT2D eigenvalue weighted by Gasteiger charge is 1.98. The highest BCUT2D eigenvalue weighted by atomic mass is 16.7. The Labute approximate surface area is 111 Å². The SMILES string of the molecule is CN(C)c1ccc(/C=C/C(=O)NOCC(N)=O)cc1. The summed E-state index contributed by atoms with van der Waals surface area (Å²) in [6.07, 6.45) is 2.95. The second-order valence-corrected chi connectivity index (χ2v) is 4.04. The maximum Gasteiger partial charge on any atom is 0.267 e. The summed E-state index contributed by atoms with van der Waals surface area (Å²) < 4.78 is 0. The normalized spacial score (nSPS) is 10.4. The molecule has 0 heterocycles. The molecule has 0 aromatic heterocycles. The van der Waals surface area contributed by atoms with E-state index in [4.69, 9.17) is 5.73 Å². The molecule has 0 saturated carbocycles. The summed E-state index contributed by atoms with van der Waals surface area (Å²) in [4.78, 5) is 28.2. The van der Waals surface area contributed by atoms with Crippen LogP contribution in [0.4, 0.5) is 5.69 Å². The zero-order valence-corrected chi connectivity index (χ0v) is 10.9. The monoisotopic (exact) mass is 263 g/mol. The van der Waals surface area contributed by atoms with Crippen LogP contribution in [0.1, 0.15) is 5.56 Å². The molecule has 6 heteroatoms. The molecule has 0 saturated heterocycles. The van der Waals surface area contributed by atoms with E-state index < -0.39 is 11.8 Å². The number of benzene rings is 1. The van der Waals surface area contributed by atoms with Gasteiger partial charge in [-0.15, -0.1) is 0 Å². The summed E-state index contributed by atoms with van der Waals surface area (Å²) >= 11 is 0. The van der Waals surface area contributed by atoms with Gasteiger partial charge in [0.1, 0.15) is 0 Å². The summed E-state index contributed by atoms with van der Waals surface area (Å²) in [5.74, 6) is -1.11. The zero-order valence-electron chi connectivity index (χ0n) is 10.9. The largest absolute Gasteiger partial charge is 0.378 e. The van der Waals surface area contributed by atoms with Crippen LogP contribution < -0.4 is 16.1 Å². The topological polar surface area (TPSA) is 84.7 Å². The number of amides is 2. The van der Waals surface area contributed by atoms with E-state index >= 15 is 0 Å². The summed E-state index contributed by atoms with van der Waals surface area (Å²) in [7, 11) is 3.91. The first-order valence-electron chi connectivity index (χ1n) is 5.64. The van der Waals surface area contributed by atoms with Gasteiger partial charge in [0, 0.05) is 25.9 Å². The van der Waals surface area contributed by atoms with Crippen LogP contribution >= 0.6 is 0 Å². The lowest BCUT2D eigenvalue weighted by molar-refractivity contribution is -0.134. The van der Waals surface area contributed by atoms with Crippen molar-refractivity contribution in [2.45, 2.75) is 0 Å². The van der Waals surface area contributed by atoms with Gasteiger partial charge in [-0.25, -0.2) is 5.48 Å². The van der Waals surface area contributed by atoms with Gasteiger partial charge in [0.25, 0.3) is 5.91 Å². The van der Waals surface area contributed by atoms with Crippen LogP contribution in [-0.2, 0) is 14.4 Å². The second-order valence-electron chi connectivity index (χ2n) is 4.04. The fourth-order valence-corrected chi connectivity index (χ4v) is 1.27. The van der Waals surface area contributed by atoms with Crippen molar-refractivity contribution in [1.29, 1.82) is 0 Å². The van der Waals surface area contributed by atoms with Crippen molar-refractivity contribution in [2.24, 2.45) is 5.73 Å². The molecule has 102 valence electrons. The van der Waals surface area contributed by atoms with Gasteiger partial charge in [0.2, 0.25) is 5.91 Å². The minimum Gasteiger partial charge on any atom is -0.378 e. The Bertz CT molecular complexity index is 467. The molecular formula is C13H17N3O3. The Morgan fingerprint density at radius 3 is 2.47 bits per heavy atom. The third-order valence-electron chi connectivity index (χ3n) is 2.22. The molecule has 2 amide bonds. The van der Waals surface area contributed by atoms with Crippen molar-refractivity contribution < 1.29 is 14.4 Å². The van der Waals surface area contributed by atoms with Crippen LogP contribution in [0.25, 0.3) is 6.08 Å². The van der Waals surface area contributed by atoms with Crippen LogP contribution in [0.15, 0.2) is 30.3 Å². The van der Waals surface area contributed by atoms with Crippen LogP contribution in [0.5, 0.6) is 0 Å². The average molecular weight is 263 g/mol. The Morgan fingerprint density at radius 1 is 1.32 bits per heavy atom. The number of hydrogen-bond donors (Lipinski definition) is 2. The van der Waals surface area contributed by atoms with Gasteiger partial charge in [-0.2, -0.15) is 0 Å². The van der Waals surface area contributed by atoms with Crippen LogP contribution in [-0.4, -0.2) is 32.5 Å². The minimum atomic E-state index is -0.649. The van der Waals surface area contributed by atoms with Crippen molar-refractivity contribution in [3.63, 3.8) is 0 Å². The molecule has 3 N–H and O–H groups in total. The van der Waals surface area contributed by atoms with Crippen LogP contribution in [0.3, 0.4) is 0 Å². The number of nitrogens with one attached hydrogen (secondary N) is 1. The molecule has 0 atom stereocenters. The van der Waals surface area contributed by atoms with E-state index in [1.807, 2.05) is 43.3 Å². The molecule has 0 spiro atoms. The number of nitrogens with zero attached hydrogens (tertiary/aromatic N) is 1. The van der Waals surface area contributed by atoms with Crippen molar-refractivity contribution in [2.75, 3.05) is 25.6 Å². The van der Waals surface area contributed by atoms with Gasteiger partial charge >= 0.3 is 0 Å². The standard InChI is InChI=1S/C13H17N3O3/c1-16(2)11-6-3-10(4-7-11)5-8-13(18)15-19-9-12(14)17/h3-8H,9H2,1-2H3,(H2,14,17)(H,15,18)/b8-5+. The average Bonchev–Trinajstić information content (AvgIpc) is 2.36. The second kappa shape index (κ2) is 7.17. The molecule has 1 rings (SSSR count). The van der Waals surface area contributed by atoms with E-state index in [1.54, 1.807) is 6.08 Å². The van der Waals surface area contributed by atoms with E-state index in [0.717, 1.165) is 11.3 Å². The van der Waals surface area contributed by atoms with Gasteiger partial charge in [0.05, 0.1) is 0 Å². The number of primary amides is 1. The highest BCUT2D eigenvalue weighted by Crippen LogP contribution is 2.12. The Hall–Kier alpha value is -2.34. The third-order valence-corrected chi connectivity index (χ3v) is 2.22. The fourth-order valence-electron chi connectivity index (χ4n) is 1.27. The molecule has 19 heavy (non-hydrogen) atoms. The third kappa shape index (κ3) is 5.69. The van der Waals surface area contributed by atoms with Crippen molar-refractivity contribution in [1.82, 2.24) is 5.48 Å². The van der Waals surface area contributed by atoms with Gasteiger partial charge < -0.3 is 10.6 Å². The molecule has 1 aromatic carbocycles. The van der Waals surface area contributed by atoms with E-state index in [9.17, 15) is 9.59 Å². The number of hydroxylamine groups is 1. The van der Waals surface area contributed by atoms with E-state index in [1.165, 1.54) is 6.08 Å². The van der Waals surface area contributed by atoms with Crippen molar-refractivity contribution in [3.05, 3.63) is 35.9 Å². The van der Waals surface area contributed by atoms with Gasteiger partial charge in [-0.1, -0.05) is 12.1 Å². The fraction of sp³-hybridized carbons (Fsp3) is 0.231. The van der Waals surface area contributed by atoms with Crippen LogP contribution in [0.2, 0.25) is 0 Å². The molecule has 0 bridgehead atoms. The first-order valence-corrected chi connectivity index (χ1v) is 5.64. The molecule has 0 aliphatic heterocycles. The quantitative estimate of drug-likeness (QED) is 0.571. The number of anilines is 1. The Kier molecular flexibility index (Phi) is 5.56. The molecule has 0 aliphatic rings. The molecule has 0 radical (unpaired) electrons. The lowest BCUT2D eigenvalue weighted by atomic mass is 10.2. The van der Waals surface area contributed by atoms with Crippen LogP contribution in [0, 0.1) is 0 Å². The molecule has 0 aliphatic carbocycles. The maximum absolute atomic E-state index is 11.3. The summed E-state index contributed by atoms with van der Waals surface area (Å²) in [6, 6.07) is 7.68. The number of hydrogen-bond acceptors (Lipinski definition) is 4. The molecular weight excluding hydrogens is 246 g/mol. The number of carbonyl (C=O) groups excluding carboxylic acids is 2. The zero-order chi connectivity index (χ0) is 14.3. The highest BCUT2D eigenvalue weighted by molar-refractivity contribution is 5.91.